The Hall–Kier alpha value is -3.06. The summed E-state index contributed by atoms with van der Waals surface area (Å²) in [4.78, 5) is 23.6. The predicted molar refractivity (Wildman–Crippen MR) is 105 cm³/mol. The van der Waals surface area contributed by atoms with Crippen LogP contribution in [0, 0.1) is 6.92 Å². The second kappa shape index (κ2) is 7.90. The Bertz CT molecular complexity index is 970. The van der Waals surface area contributed by atoms with Crippen LogP contribution in [0.15, 0.2) is 48.7 Å². The van der Waals surface area contributed by atoms with E-state index >= 15 is 0 Å². The summed E-state index contributed by atoms with van der Waals surface area (Å²) in [6.45, 7) is 3.75. The summed E-state index contributed by atoms with van der Waals surface area (Å²) < 4.78 is 6.91. The van der Waals surface area contributed by atoms with Crippen LogP contribution in [0.4, 0.5) is 0 Å². The van der Waals surface area contributed by atoms with Crippen molar-refractivity contribution in [1.29, 1.82) is 0 Å². The molecule has 0 spiro atoms. The molecule has 4 rings (SSSR count). The van der Waals surface area contributed by atoms with E-state index in [9.17, 15) is 4.79 Å². The third-order valence-corrected chi connectivity index (χ3v) is 4.93. The number of likely N-dealkylation sites (tertiary alicyclic amines) is 1. The average molecular weight is 377 g/mol. The van der Waals surface area contributed by atoms with E-state index in [-0.39, 0.29) is 11.8 Å². The number of carbonyl (C=O) groups is 1. The molecule has 2 aromatic heterocycles. The molecule has 0 N–H and O–H groups in total. The zero-order valence-electron chi connectivity index (χ0n) is 16.1. The van der Waals surface area contributed by atoms with Crippen LogP contribution in [-0.4, -0.2) is 57.4 Å². The number of methoxy groups -OCH3 is 1. The lowest BCUT2D eigenvalue weighted by Gasteiger charge is -2.15. The van der Waals surface area contributed by atoms with E-state index in [2.05, 4.69) is 4.98 Å². The molecule has 3 heterocycles. The van der Waals surface area contributed by atoms with Gasteiger partial charge in [-0.2, -0.15) is 4.68 Å². The standard InChI is InChI=1S/C21H23N5O2/c1-15-8-9-22-18(12-15)26-21(17-13-19(27)25(14-17)10-11-28-2)23-20(24-26)16-6-4-3-5-7-16/h3-9,12,17H,10-11,13-14H2,1-2H3/t17-/m1/s1. The molecule has 7 nitrogen and oxygen atoms in total. The summed E-state index contributed by atoms with van der Waals surface area (Å²) in [7, 11) is 1.64. The van der Waals surface area contributed by atoms with E-state index in [1.807, 2.05) is 54.3 Å². The van der Waals surface area contributed by atoms with Crippen molar-refractivity contribution in [3.8, 4) is 17.2 Å². The van der Waals surface area contributed by atoms with Crippen LogP contribution in [0.3, 0.4) is 0 Å². The second-order valence-electron chi connectivity index (χ2n) is 7.00. The van der Waals surface area contributed by atoms with Crippen LogP contribution < -0.4 is 0 Å². The minimum Gasteiger partial charge on any atom is -0.383 e. The van der Waals surface area contributed by atoms with Crippen molar-refractivity contribution in [1.82, 2.24) is 24.6 Å². The molecular formula is C21H23N5O2. The SMILES string of the molecule is COCCN1C[C@H](c2nc(-c3ccccc3)nn2-c2cc(C)ccn2)CC1=O. The van der Waals surface area contributed by atoms with Gasteiger partial charge in [0.25, 0.3) is 0 Å². The van der Waals surface area contributed by atoms with Gasteiger partial charge in [-0.05, 0) is 24.6 Å². The maximum Gasteiger partial charge on any atom is 0.223 e. The summed E-state index contributed by atoms with van der Waals surface area (Å²) in [5, 5.41) is 4.74. The largest absolute Gasteiger partial charge is 0.383 e. The number of rotatable bonds is 6. The predicted octanol–water partition coefficient (Wildman–Crippen LogP) is 2.60. The van der Waals surface area contributed by atoms with Crippen LogP contribution in [0.1, 0.15) is 23.7 Å². The van der Waals surface area contributed by atoms with Crippen molar-refractivity contribution in [2.45, 2.75) is 19.3 Å². The first kappa shape index (κ1) is 18.3. The minimum atomic E-state index is -0.0309. The first-order valence-electron chi connectivity index (χ1n) is 9.38. The van der Waals surface area contributed by atoms with Gasteiger partial charge in [-0.25, -0.2) is 9.97 Å². The molecule has 1 fully saturated rings. The molecule has 3 aromatic rings. The number of nitrogens with zero attached hydrogens (tertiary/aromatic N) is 5. The zero-order valence-corrected chi connectivity index (χ0v) is 16.1. The molecule has 0 bridgehead atoms. The number of ether oxygens (including phenoxy) is 1. The van der Waals surface area contributed by atoms with Crippen molar-refractivity contribution < 1.29 is 9.53 Å². The highest BCUT2D eigenvalue weighted by molar-refractivity contribution is 5.79. The number of carbonyl (C=O) groups excluding carboxylic acids is 1. The molecule has 7 heteroatoms. The molecule has 0 saturated carbocycles. The second-order valence-corrected chi connectivity index (χ2v) is 7.00. The monoisotopic (exact) mass is 377 g/mol. The van der Waals surface area contributed by atoms with Crippen LogP contribution in [0.25, 0.3) is 17.2 Å². The highest BCUT2D eigenvalue weighted by Crippen LogP contribution is 2.30. The first-order valence-corrected chi connectivity index (χ1v) is 9.38. The fourth-order valence-corrected chi connectivity index (χ4v) is 3.47. The number of pyridine rings is 1. The lowest BCUT2D eigenvalue weighted by Crippen LogP contribution is -2.28. The molecule has 0 unspecified atom stereocenters. The third kappa shape index (κ3) is 3.66. The van der Waals surface area contributed by atoms with Gasteiger partial charge in [0.15, 0.2) is 11.6 Å². The molecule has 28 heavy (non-hydrogen) atoms. The maximum absolute atomic E-state index is 12.4. The number of aromatic nitrogens is 4. The van der Waals surface area contributed by atoms with Gasteiger partial charge in [0.1, 0.15) is 5.82 Å². The van der Waals surface area contributed by atoms with Gasteiger partial charge in [-0.1, -0.05) is 30.3 Å². The van der Waals surface area contributed by atoms with Gasteiger partial charge in [0, 0.05) is 44.3 Å². The van der Waals surface area contributed by atoms with Crippen molar-refractivity contribution in [3.63, 3.8) is 0 Å². The van der Waals surface area contributed by atoms with Crippen LogP contribution >= 0.6 is 0 Å². The average Bonchev–Trinajstić information content (AvgIpc) is 3.31. The van der Waals surface area contributed by atoms with Crippen molar-refractivity contribution >= 4 is 5.91 Å². The zero-order chi connectivity index (χ0) is 19.5. The Morgan fingerprint density at radius 3 is 2.79 bits per heavy atom. The van der Waals surface area contributed by atoms with Crippen LogP contribution in [-0.2, 0) is 9.53 Å². The minimum absolute atomic E-state index is 0.0309. The summed E-state index contributed by atoms with van der Waals surface area (Å²) in [5.41, 5.74) is 2.03. The summed E-state index contributed by atoms with van der Waals surface area (Å²) in [5.74, 6) is 2.21. The topological polar surface area (TPSA) is 73.1 Å². The molecule has 1 saturated heterocycles. The Balaban J connectivity index is 1.73. The van der Waals surface area contributed by atoms with Crippen molar-refractivity contribution in [2.24, 2.45) is 0 Å². The molecular weight excluding hydrogens is 354 g/mol. The Morgan fingerprint density at radius 1 is 1.21 bits per heavy atom. The molecule has 0 aliphatic carbocycles. The molecule has 0 radical (unpaired) electrons. The number of benzene rings is 1. The fraction of sp³-hybridized carbons (Fsp3) is 0.333. The smallest absolute Gasteiger partial charge is 0.223 e. The summed E-state index contributed by atoms with van der Waals surface area (Å²) in [6.07, 6.45) is 2.19. The maximum atomic E-state index is 12.4. The first-order chi connectivity index (χ1) is 13.7. The van der Waals surface area contributed by atoms with E-state index in [0.29, 0.717) is 37.8 Å². The lowest BCUT2D eigenvalue weighted by atomic mass is 10.1. The Morgan fingerprint density at radius 2 is 2.04 bits per heavy atom. The Labute approximate surface area is 164 Å². The van der Waals surface area contributed by atoms with Crippen LogP contribution in [0.5, 0.6) is 0 Å². The summed E-state index contributed by atoms with van der Waals surface area (Å²) in [6, 6.07) is 13.8. The fourth-order valence-electron chi connectivity index (χ4n) is 3.47. The van der Waals surface area contributed by atoms with E-state index in [0.717, 1.165) is 17.0 Å². The lowest BCUT2D eigenvalue weighted by molar-refractivity contribution is -0.128. The molecule has 1 amide bonds. The van der Waals surface area contributed by atoms with Gasteiger partial charge in [0.2, 0.25) is 5.91 Å². The van der Waals surface area contributed by atoms with E-state index < -0.39 is 0 Å². The number of amides is 1. The normalized spacial score (nSPS) is 16.7. The third-order valence-electron chi connectivity index (χ3n) is 4.93. The van der Waals surface area contributed by atoms with E-state index in [4.69, 9.17) is 14.8 Å². The van der Waals surface area contributed by atoms with Crippen molar-refractivity contribution in [3.05, 3.63) is 60.0 Å². The molecule has 1 aliphatic heterocycles. The van der Waals surface area contributed by atoms with Crippen LogP contribution in [0.2, 0.25) is 0 Å². The van der Waals surface area contributed by atoms with Gasteiger partial charge in [-0.15, -0.1) is 5.10 Å². The van der Waals surface area contributed by atoms with Gasteiger partial charge in [0.05, 0.1) is 6.61 Å². The quantitative estimate of drug-likeness (QED) is 0.660. The van der Waals surface area contributed by atoms with Gasteiger partial charge in [-0.3, -0.25) is 4.79 Å². The van der Waals surface area contributed by atoms with E-state index in [1.165, 1.54) is 0 Å². The highest BCUT2D eigenvalue weighted by Gasteiger charge is 2.34. The number of aryl methyl sites for hydroxylation is 1. The Kier molecular flexibility index (Phi) is 5.16. The van der Waals surface area contributed by atoms with E-state index in [1.54, 1.807) is 18.0 Å². The molecule has 1 aliphatic rings. The summed E-state index contributed by atoms with van der Waals surface area (Å²) >= 11 is 0. The highest BCUT2D eigenvalue weighted by atomic mass is 16.5. The number of hydrogen-bond acceptors (Lipinski definition) is 5. The molecule has 1 aromatic carbocycles. The van der Waals surface area contributed by atoms with Gasteiger partial charge < -0.3 is 9.64 Å². The molecule has 144 valence electrons. The number of hydrogen-bond donors (Lipinski definition) is 0. The van der Waals surface area contributed by atoms with Crippen molar-refractivity contribution in [2.75, 3.05) is 26.8 Å². The molecule has 1 atom stereocenters. The van der Waals surface area contributed by atoms with Gasteiger partial charge >= 0.3 is 0 Å².